The quantitative estimate of drug-likeness (QED) is 0.354. The molecule has 0 aliphatic rings. The lowest BCUT2D eigenvalue weighted by atomic mass is 10.1. The Labute approximate surface area is 234 Å². The molecule has 3 aromatic carbocycles. The van der Waals surface area contributed by atoms with E-state index in [1.807, 2.05) is 6.92 Å². The third kappa shape index (κ3) is 6.90. The second-order valence-electron chi connectivity index (χ2n) is 9.05. The van der Waals surface area contributed by atoms with Gasteiger partial charge >= 0.3 is 0 Å². The van der Waals surface area contributed by atoms with Crippen LogP contribution in [0.15, 0.2) is 71.6 Å². The lowest BCUT2D eigenvalue weighted by Gasteiger charge is -2.33. The van der Waals surface area contributed by atoms with Gasteiger partial charge in [-0.25, -0.2) is 12.8 Å². The van der Waals surface area contributed by atoms with Crippen LogP contribution in [-0.2, 0) is 26.2 Å². The molecule has 0 saturated heterocycles. The normalized spacial score (nSPS) is 11.8. The molecule has 0 unspecified atom stereocenters. The number of methoxy groups -OCH3 is 2. The maximum atomic E-state index is 14.0. The number of halogens is 1. The highest BCUT2D eigenvalue weighted by atomic mass is 32.2. The van der Waals surface area contributed by atoms with E-state index in [0.717, 1.165) is 9.87 Å². The number of benzene rings is 3. The zero-order valence-electron chi connectivity index (χ0n) is 23.2. The number of carbonyl (C=O) groups is 2. The average Bonchev–Trinajstić information content (AvgIpc) is 2.96. The van der Waals surface area contributed by atoms with Crippen LogP contribution in [0.3, 0.4) is 0 Å². The van der Waals surface area contributed by atoms with Gasteiger partial charge in [-0.1, -0.05) is 36.8 Å². The number of nitrogens with zero attached hydrogens (tertiary/aromatic N) is 2. The van der Waals surface area contributed by atoms with Gasteiger partial charge in [-0.15, -0.1) is 0 Å². The average molecular weight is 572 g/mol. The van der Waals surface area contributed by atoms with E-state index in [0.29, 0.717) is 11.3 Å². The SMILES string of the molecule is CC[C@H](C(=O)NC)N(Cc1ccc(F)cc1)C(=O)CN(c1ccc(C)cc1)S(=O)(=O)c1ccc(OC)c(OC)c1. The summed E-state index contributed by atoms with van der Waals surface area (Å²) >= 11 is 0. The number of hydrogen-bond acceptors (Lipinski definition) is 6. The minimum absolute atomic E-state index is 0.0246. The van der Waals surface area contributed by atoms with Crippen LogP contribution in [0.1, 0.15) is 24.5 Å². The van der Waals surface area contributed by atoms with Crippen LogP contribution >= 0.6 is 0 Å². The Bertz CT molecular complexity index is 1430. The number of nitrogens with one attached hydrogen (secondary N) is 1. The molecular formula is C29H34FN3O6S. The Morgan fingerprint density at radius 3 is 2.12 bits per heavy atom. The second kappa shape index (κ2) is 13.3. The zero-order valence-corrected chi connectivity index (χ0v) is 24.0. The number of ether oxygens (including phenoxy) is 2. The number of rotatable bonds is 12. The number of aryl methyl sites for hydroxylation is 1. The van der Waals surface area contributed by atoms with Crippen molar-refractivity contribution in [2.45, 2.75) is 37.8 Å². The smallest absolute Gasteiger partial charge is 0.264 e. The molecule has 40 heavy (non-hydrogen) atoms. The van der Waals surface area contributed by atoms with E-state index < -0.39 is 40.2 Å². The third-order valence-electron chi connectivity index (χ3n) is 6.44. The van der Waals surface area contributed by atoms with Crippen molar-refractivity contribution in [3.05, 3.63) is 83.7 Å². The first-order valence-corrected chi connectivity index (χ1v) is 14.1. The topological polar surface area (TPSA) is 105 Å². The summed E-state index contributed by atoms with van der Waals surface area (Å²) in [5.74, 6) is -0.887. The van der Waals surface area contributed by atoms with Gasteiger partial charge in [0.2, 0.25) is 11.8 Å². The number of hydrogen-bond donors (Lipinski definition) is 1. The summed E-state index contributed by atoms with van der Waals surface area (Å²) in [4.78, 5) is 27.9. The molecule has 2 amide bonds. The van der Waals surface area contributed by atoms with E-state index in [9.17, 15) is 22.4 Å². The fraction of sp³-hybridized carbons (Fsp3) is 0.310. The second-order valence-corrected chi connectivity index (χ2v) is 10.9. The monoisotopic (exact) mass is 571 g/mol. The van der Waals surface area contributed by atoms with Crippen LogP contribution in [0, 0.1) is 12.7 Å². The predicted octanol–water partition coefficient (Wildman–Crippen LogP) is 3.90. The van der Waals surface area contributed by atoms with Crippen LogP contribution < -0.4 is 19.1 Å². The van der Waals surface area contributed by atoms with Gasteiger partial charge in [-0.3, -0.25) is 13.9 Å². The molecule has 9 nitrogen and oxygen atoms in total. The Morgan fingerprint density at radius 2 is 1.57 bits per heavy atom. The molecule has 3 aromatic rings. The summed E-state index contributed by atoms with van der Waals surface area (Å²) in [5.41, 5.74) is 1.76. The number of sulfonamides is 1. The first-order valence-electron chi connectivity index (χ1n) is 12.6. The Balaban J connectivity index is 2.08. The van der Waals surface area contributed by atoms with Crippen LogP contribution in [-0.4, -0.2) is 59.0 Å². The van der Waals surface area contributed by atoms with Gasteiger partial charge in [-0.2, -0.15) is 0 Å². The first-order chi connectivity index (χ1) is 19.0. The van der Waals surface area contributed by atoms with Crippen LogP contribution in [0.25, 0.3) is 0 Å². The summed E-state index contributed by atoms with van der Waals surface area (Å²) in [6.45, 7) is 3.00. The molecule has 0 aromatic heterocycles. The molecular weight excluding hydrogens is 537 g/mol. The van der Waals surface area contributed by atoms with Crippen molar-refractivity contribution in [3.63, 3.8) is 0 Å². The predicted molar refractivity (Wildman–Crippen MR) is 150 cm³/mol. The highest BCUT2D eigenvalue weighted by Crippen LogP contribution is 2.32. The van der Waals surface area contributed by atoms with Crippen molar-refractivity contribution < 1.29 is 31.9 Å². The fourth-order valence-corrected chi connectivity index (χ4v) is 5.65. The van der Waals surface area contributed by atoms with Gasteiger partial charge in [0, 0.05) is 19.7 Å². The molecule has 0 heterocycles. The maximum Gasteiger partial charge on any atom is 0.264 e. The van der Waals surface area contributed by atoms with Gasteiger partial charge in [-0.05, 0) is 55.3 Å². The number of carbonyl (C=O) groups excluding carboxylic acids is 2. The van der Waals surface area contributed by atoms with Crippen molar-refractivity contribution >= 4 is 27.5 Å². The highest BCUT2D eigenvalue weighted by Gasteiger charge is 2.33. The van der Waals surface area contributed by atoms with E-state index in [1.54, 1.807) is 31.2 Å². The van der Waals surface area contributed by atoms with E-state index in [2.05, 4.69) is 5.32 Å². The van der Waals surface area contributed by atoms with E-state index in [4.69, 9.17) is 9.47 Å². The van der Waals surface area contributed by atoms with Crippen LogP contribution in [0.5, 0.6) is 11.5 Å². The van der Waals surface area contributed by atoms with Gasteiger partial charge in [0.05, 0.1) is 24.8 Å². The molecule has 0 saturated carbocycles. The number of anilines is 1. The largest absolute Gasteiger partial charge is 0.493 e. The minimum atomic E-state index is -4.29. The van der Waals surface area contributed by atoms with Crippen molar-refractivity contribution in [2.24, 2.45) is 0 Å². The van der Waals surface area contributed by atoms with Gasteiger partial charge in [0.1, 0.15) is 18.4 Å². The summed E-state index contributed by atoms with van der Waals surface area (Å²) < 4.78 is 53.1. The lowest BCUT2D eigenvalue weighted by Crippen LogP contribution is -2.51. The third-order valence-corrected chi connectivity index (χ3v) is 8.21. The molecule has 0 spiro atoms. The summed E-state index contributed by atoms with van der Waals surface area (Å²) in [6.07, 6.45) is 0.277. The number of likely N-dealkylation sites (N-methyl/N-ethyl adjacent to an activating group) is 1. The van der Waals surface area contributed by atoms with E-state index >= 15 is 0 Å². The van der Waals surface area contributed by atoms with Gasteiger partial charge < -0.3 is 19.7 Å². The highest BCUT2D eigenvalue weighted by molar-refractivity contribution is 7.92. The van der Waals surface area contributed by atoms with Crippen molar-refractivity contribution in [3.8, 4) is 11.5 Å². The van der Waals surface area contributed by atoms with E-state index in [1.165, 1.54) is 68.6 Å². The number of amides is 2. The fourth-order valence-electron chi connectivity index (χ4n) is 4.22. The summed E-state index contributed by atoms with van der Waals surface area (Å²) in [7, 11) is 0.00970. The molecule has 214 valence electrons. The Kier molecular flexibility index (Phi) is 10.1. The molecule has 0 radical (unpaired) electrons. The van der Waals surface area contributed by atoms with Crippen LogP contribution in [0.2, 0.25) is 0 Å². The molecule has 0 aliphatic carbocycles. The maximum absolute atomic E-state index is 14.0. The van der Waals surface area contributed by atoms with E-state index in [-0.39, 0.29) is 29.3 Å². The van der Waals surface area contributed by atoms with Gasteiger partial charge in [0.15, 0.2) is 11.5 Å². The molecule has 0 aliphatic heterocycles. The van der Waals surface area contributed by atoms with Gasteiger partial charge in [0.25, 0.3) is 10.0 Å². The standard InChI is InChI=1S/C29H34FN3O6S/c1-6-25(29(35)31-3)32(18-21-9-11-22(30)12-10-21)28(34)19-33(23-13-7-20(2)8-14-23)40(36,37)24-15-16-26(38-4)27(17-24)39-5/h7-17,25H,6,18-19H2,1-5H3,(H,31,35)/t25-/m1/s1. The zero-order chi connectivity index (χ0) is 29.4. The molecule has 1 atom stereocenters. The minimum Gasteiger partial charge on any atom is -0.493 e. The Hall–Kier alpha value is -4.12. The summed E-state index contributed by atoms with van der Waals surface area (Å²) in [6, 6.07) is 15.6. The first kappa shape index (κ1) is 30.4. The molecule has 1 N–H and O–H groups in total. The van der Waals surface area contributed by atoms with Crippen molar-refractivity contribution in [1.29, 1.82) is 0 Å². The molecule has 0 fully saturated rings. The lowest BCUT2D eigenvalue weighted by molar-refractivity contribution is -0.140. The van der Waals surface area contributed by atoms with Crippen molar-refractivity contribution in [2.75, 3.05) is 32.1 Å². The van der Waals surface area contributed by atoms with Crippen LogP contribution in [0.4, 0.5) is 10.1 Å². The molecule has 11 heteroatoms. The Morgan fingerprint density at radius 1 is 0.950 bits per heavy atom. The van der Waals surface area contributed by atoms with Crippen molar-refractivity contribution in [1.82, 2.24) is 10.2 Å². The summed E-state index contributed by atoms with van der Waals surface area (Å²) in [5, 5.41) is 2.57. The molecule has 3 rings (SSSR count). The molecule has 0 bridgehead atoms.